The van der Waals surface area contributed by atoms with Crippen LogP contribution in [0.2, 0.25) is 0 Å². The standard InChI is InChI=1S/C35H40N4O3/c36-25-30-24-29(13-16-32(30)37)35(34(27-8-4-9-27)26-6-2-1-3-7-26)28-11-14-31(15-12-28)42-21-18-38-17-5-10-33(40)39-19-22-41-23-20-39/h1-3,5-7,10-16,24-25,27,36,38H,4,8-9,17-23,37H2/b10-5+,35-34-,36-25?. The van der Waals surface area contributed by atoms with Gasteiger partial charge in [0.25, 0.3) is 0 Å². The van der Waals surface area contributed by atoms with Crippen molar-refractivity contribution in [3.63, 3.8) is 0 Å². The van der Waals surface area contributed by atoms with E-state index < -0.39 is 0 Å². The Kier molecular flexibility index (Phi) is 10.2. The smallest absolute Gasteiger partial charge is 0.246 e. The molecule has 7 heteroatoms. The maximum atomic E-state index is 12.2. The highest BCUT2D eigenvalue weighted by atomic mass is 16.5. The Morgan fingerprint density at radius 3 is 2.43 bits per heavy atom. The number of carbonyl (C=O) groups excluding carboxylic acids is 1. The number of amides is 1. The lowest BCUT2D eigenvalue weighted by Gasteiger charge is -2.31. The molecule has 1 saturated carbocycles. The molecular weight excluding hydrogens is 524 g/mol. The molecule has 0 unspecified atom stereocenters. The van der Waals surface area contributed by atoms with Crippen LogP contribution in [0.1, 0.15) is 41.5 Å². The largest absolute Gasteiger partial charge is 0.492 e. The van der Waals surface area contributed by atoms with Crippen LogP contribution in [0.15, 0.2) is 84.9 Å². The molecular formula is C35H40N4O3. The number of anilines is 1. The topological polar surface area (TPSA) is 101 Å². The first-order valence-corrected chi connectivity index (χ1v) is 14.8. The number of allylic oxidation sites excluding steroid dienone is 1. The van der Waals surface area contributed by atoms with Crippen LogP contribution in [0, 0.1) is 11.3 Å². The lowest BCUT2D eigenvalue weighted by atomic mass is 9.73. The minimum atomic E-state index is 0.0330. The molecule has 0 radical (unpaired) electrons. The van der Waals surface area contributed by atoms with Gasteiger partial charge in [0, 0.05) is 49.7 Å². The van der Waals surface area contributed by atoms with Crippen molar-refractivity contribution in [1.82, 2.24) is 10.2 Å². The van der Waals surface area contributed by atoms with Crippen LogP contribution >= 0.6 is 0 Å². The average molecular weight is 565 g/mol. The normalized spacial score (nSPS) is 16.1. The number of carbonyl (C=O) groups is 1. The minimum absolute atomic E-state index is 0.0330. The zero-order chi connectivity index (χ0) is 29.1. The van der Waals surface area contributed by atoms with Crippen molar-refractivity contribution in [2.24, 2.45) is 5.92 Å². The number of rotatable bonds is 12. The first kappa shape index (κ1) is 29.3. The van der Waals surface area contributed by atoms with E-state index in [1.54, 1.807) is 6.08 Å². The van der Waals surface area contributed by atoms with Gasteiger partial charge in [-0.15, -0.1) is 0 Å². The molecule has 1 aliphatic carbocycles. The third-order valence-electron chi connectivity index (χ3n) is 7.93. The molecule has 0 bridgehead atoms. The zero-order valence-electron chi connectivity index (χ0n) is 24.1. The maximum Gasteiger partial charge on any atom is 0.246 e. The number of nitrogens with two attached hydrogens (primary N) is 1. The highest BCUT2D eigenvalue weighted by Crippen LogP contribution is 2.45. The van der Waals surface area contributed by atoms with Gasteiger partial charge in [-0.25, -0.2) is 0 Å². The number of hydrogen-bond acceptors (Lipinski definition) is 6. The molecule has 42 heavy (non-hydrogen) atoms. The number of morpholine rings is 1. The lowest BCUT2D eigenvalue weighted by Crippen LogP contribution is -2.39. The molecule has 218 valence electrons. The monoisotopic (exact) mass is 564 g/mol. The van der Waals surface area contributed by atoms with E-state index in [4.69, 9.17) is 20.6 Å². The zero-order valence-corrected chi connectivity index (χ0v) is 24.1. The summed E-state index contributed by atoms with van der Waals surface area (Å²) < 4.78 is 11.3. The second-order valence-corrected chi connectivity index (χ2v) is 10.7. The second-order valence-electron chi connectivity index (χ2n) is 10.7. The molecule has 7 nitrogen and oxygen atoms in total. The molecule has 1 saturated heterocycles. The van der Waals surface area contributed by atoms with E-state index in [0.29, 0.717) is 57.6 Å². The predicted molar refractivity (Wildman–Crippen MR) is 170 cm³/mol. The third kappa shape index (κ3) is 7.35. The number of benzene rings is 3. The highest BCUT2D eigenvalue weighted by molar-refractivity contribution is 6.01. The van der Waals surface area contributed by atoms with Crippen LogP contribution in [0.25, 0.3) is 11.1 Å². The van der Waals surface area contributed by atoms with Crippen molar-refractivity contribution in [3.8, 4) is 5.75 Å². The van der Waals surface area contributed by atoms with Crippen molar-refractivity contribution in [2.75, 3.05) is 51.7 Å². The average Bonchev–Trinajstić information content (AvgIpc) is 3.01. The summed E-state index contributed by atoms with van der Waals surface area (Å²) in [5.74, 6) is 1.33. The van der Waals surface area contributed by atoms with Gasteiger partial charge in [-0.2, -0.15) is 0 Å². The Morgan fingerprint density at radius 1 is 1.00 bits per heavy atom. The van der Waals surface area contributed by atoms with Crippen molar-refractivity contribution < 1.29 is 14.3 Å². The summed E-state index contributed by atoms with van der Waals surface area (Å²) >= 11 is 0. The van der Waals surface area contributed by atoms with Crippen molar-refractivity contribution in [1.29, 1.82) is 5.41 Å². The lowest BCUT2D eigenvalue weighted by molar-refractivity contribution is -0.129. The molecule has 0 aromatic heterocycles. The molecule has 3 aromatic carbocycles. The van der Waals surface area contributed by atoms with Crippen molar-refractivity contribution in [3.05, 3.63) is 107 Å². The van der Waals surface area contributed by atoms with E-state index in [9.17, 15) is 4.79 Å². The number of nitrogens with zero attached hydrogens (tertiary/aromatic N) is 1. The summed E-state index contributed by atoms with van der Waals surface area (Å²) in [6, 6.07) is 24.9. The maximum absolute atomic E-state index is 12.2. The van der Waals surface area contributed by atoms with E-state index in [1.165, 1.54) is 42.2 Å². The molecule has 0 spiro atoms. The van der Waals surface area contributed by atoms with E-state index in [0.717, 1.165) is 22.4 Å². The number of nitrogen functional groups attached to an aromatic ring is 1. The fourth-order valence-electron chi connectivity index (χ4n) is 5.42. The SMILES string of the molecule is N=Cc1cc(/C(=C(/c2ccccc2)C2CCC2)c2ccc(OCCNC/C=C/C(=O)N3CCOCC3)cc2)ccc1N. The van der Waals surface area contributed by atoms with E-state index in [1.807, 2.05) is 35.2 Å². The summed E-state index contributed by atoms with van der Waals surface area (Å²) in [5, 5.41) is 11.2. The molecule has 3 aromatic rings. The highest BCUT2D eigenvalue weighted by Gasteiger charge is 2.27. The van der Waals surface area contributed by atoms with Gasteiger partial charge in [-0.3, -0.25) is 4.79 Å². The second kappa shape index (κ2) is 14.6. The molecule has 1 amide bonds. The fourth-order valence-corrected chi connectivity index (χ4v) is 5.42. The first-order valence-electron chi connectivity index (χ1n) is 14.8. The van der Waals surface area contributed by atoms with Crippen molar-refractivity contribution >= 4 is 29.0 Å². The Hall–Kier alpha value is -4.20. The van der Waals surface area contributed by atoms with Crippen molar-refractivity contribution in [2.45, 2.75) is 19.3 Å². The molecule has 4 N–H and O–H groups in total. The van der Waals surface area contributed by atoms with Gasteiger partial charge in [0.2, 0.25) is 5.91 Å². The van der Waals surface area contributed by atoms with Gasteiger partial charge in [0.1, 0.15) is 12.4 Å². The fraction of sp³-hybridized carbons (Fsp3) is 0.314. The van der Waals surface area contributed by atoms with Gasteiger partial charge in [0.05, 0.1) is 13.2 Å². The summed E-state index contributed by atoms with van der Waals surface area (Å²) in [4.78, 5) is 14.0. The Balaban J connectivity index is 1.27. The van der Waals surface area contributed by atoms with Crippen LogP contribution in [0.3, 0.4) is 0 Å². The van der Waals surface area contributed by atoms with Gasteiger partial charge >= 0.3 is 0 Å². The molecule has 5 rings (SSSR count). The number of nitrogens with one attached hydrogen (secondary N) is 2. The summed E-state index contributed by atoms with van der Waals surface area (Å²) in [6.45, 7) is 4.31. The number of ether oxygens (including phenoxy) is 2. The summed E-state index contributed by atoms with van der Waals surface area (Å²) in [5.41, 5.74) is 13.4. The van der Waals surface area contributed by atoms with Gasteiger partial charge in [-0.1, -0.05) is 61.0 Å². The number of hydrogen-bond donors (Lipinski definition) is 3. The Labute approximate surface area is 248 Å². The minimum Gasteiger partial charge on any atom is -0.492 e. The van der Waals surface area contributed by atoms with Crippen LogP contribution in [-0.2, 0) is 9.53 Å². The van der Waals surface area contributed by atoms with Crippen LogP contribution in [0.5, 0.6) is 5.75 Å². The van der Waals surface area contributed by atoms with E-state index in [-0.39, 0.29) is 5.91 Å². The summed E-state index contributed by atoms with van der Waals surface area (Å²) in [6.07, 6.45) is 8.39. The molecule has 2 aliphatic rings. The molecule has 1 aliphatic heterocycles. The first-order chi connectivity index (χ1) is 20.6. The van der Waals surface area contributed by atoms with Crippen LogP contribution in [-0.4, -0.2) is 63.0 Å². The van der Waals surface area contributed by atoms with Gasteiger partial charge in [-0.05, 0) is 70.9 Å². The third-order valence-corrected chi connectivity index (χ3v) is 7.93. The molecule has 1 heterocycles. The Bertz CT molecular complexity index is 1410. The van der Waals surface area contributed by atoms with Crippen LogP contribution < -0.4 is 15.8 Å². The Morgan fingerprint density at radius 2 is 1.74 bits per heavy atom. The summed E-state index contributed by atoms with van der Waals surface area (Å²) in [7, 11) is 0. The molecule has 2 fully saturated rings. The van der Waals surface area contributed by atoms with Crippen LogP contribution in [0.4, 0.5) is 5.69 Å². The van der Waals surface area contributed by atoms with Gasteiger partial charge < -0.3 is 30.8 Å². The van der Waals surface area contributed by atoms with E-state index >= 15 is 0 Å². The van der Waals surface area contributed by atoms with E-state index in [2.05, 4.69) is 53.8 Å². The van der Waals surface area contributed by atoms with Gasteiger partial charge in [0.15, 0.2) is 0 Å². The predicted octanol–water partition coefficient (Wildman–Crippen LogP) is 5.41. The molecule has 0 atom stereocenters. The quantitative estimate of drug-likeness (QED) is 0.0898.